The first-order valence-electron chi connectivity index (χ1n) is 4.08. The number of ether oxygens (including phenoxy) is 1. The van der Waals surface area contributed by atoms with Gasteiger partial charge in [-0.2, -0.15) is 0 Å². The maximum absolute atomic E-state index is 10.0. The summed E-state index contributed by atoms with van der Waals surface area (Å²) >= 11 is 0. The van der Waals surface area contributed by atoms with Gasteiger partial charge in [0.15, 0.2) is 0 Å². The van der Waals surface area contributed by atoms with Crippen LogP contribution in [0.1, 0.15) is 19.3 Å². The quantitative estimate of drug-likeness (QED) is 0.591. The van der Waals surface area contributed by atoms with Gasteiger partial charge in [0.05, 0.1) is 6.61 Å². The fourth-order valence-electron chi connectivity index (χ4n) is 1.24. The van der Waals surface area contributed by atoms with Crippen molar-refractivity contribution in [2.24, 2.45) is 5.92 Å². The average molecular weight is 168 g/mol. The van der Waals surface area contributed by atoms with Crippen LogP contribution in [0, 0.1) is 17.8 Å². The maximum Gasteiger partial charge on any atom is 0.381 e. The van der Waals surface area contributed by atoms with Crippen molar-refractivity contribution in [2.45, 2.75) is 19.3 Å². The van der Waals surface area contributed by atoms with Crippen molar-refractivity contribution in [3.63, 3.8) is 0 Å². The molecule has 1 aliphatic heterocycles. The molecular weight excluding hydrogens is 156 g/mol. The van der Waals surface area contributed by atoms with Crippen molar-refractivity contribution in [3.8, 4) is 11.8 Å². The van der Waals surface area contributed by atoms with Gasteiger partial charge in [-0.1, -0.05) is 5.92 Å². The van der Waals surface area contributed by atoms with Gasteiger partial charge < -0.3 is 9.84 Å². The molecule has 0 aliphatic carbocycles. The lowest BCUT2D eigenvalue weighted by Crippen LogP contribution is -2.16. The molecule has 1 unspecified atom stereocenters. The zero-order valence-electron chi connectivity index (χ0n) is 6.88. The number of hydrogen-bond acceptors (Lipinski definition) is 2. The summed E-state index contributed by atoms with van der Waals surface area (Å²) in [6.45, 7) is 1.57. The van der Waals surface area contributed by atoms with Crippen LogP contribution in [-0.2, 0) is 9.53 Å². The highest BCUT2D eigenvalue weighted by Gasteiger charge is 2.11. The van der Waals surface area contributed by atoms with Crippen LogP contribution >= 0.6 is 0 Å². The van der Waals surface area contributed by atoms with Gasteiger partial charge in [0.2, 0.25) is 0 Å². The maximum atomic E-state index is 10.0. The lowest BCUT2D eigenvalue weighted by atomic mass is 9.99. The molecule has 0 aromatic carbocycles. The molecule has 0 saturated carbocycles. The molecule has 0 aromatic rings. The summed E-state index contributed by atoms with van der Waals surface area (Å²) in [5.74, 6) is 4.12. The molecule has 1 N–H and O–H groups in total. The largest absolute Gasteiger partial charge is 0.472 e. The van der Waals surface area contributed by atoms with E-state index < -0.39 is 5.97 Å². The smallest absolute Gasteiger partial charge is 0.381 e. The highest BCUT2D eigenvalue weighted by Crippen LogP contribution is 2.15. The van der Waals surface area contributed by atoms with E-state index in [0.29, 0.717) is 12.3 Å². The summed E-state index contributed by atoms with van der Waals surface area (Å²) in [7, 11) is 0. The lowest BCUT2D eigenvalue weighted by Gasteiger charge is -2.19. The van der Waals surface area contributed by atoms with E-state index >= 15 is 0 Å². The van der Waals surface area contributed by atoms with Crippen LogP contribution in [0.3, 0.4) is 0 Å². The van der Waals surface area contributed by atoms with Gasteiger partial charge in [0, 0.05) is 18.9 Å². The number of hydrogen-bond donors (Lipinski definition) is 1. The number of rotatable bonds is 1. The molecule has 0 amide bonds. The monoisotopic (exact) mass is 168 g/mol. The van der Waals surface area contributed by atoms with Gasteiger partial charge in [0.25, 0.3) is 0 Å². The first-order chi connectivity index (χ1) is 5.79. The Morgan fingerprint density at radius 3 is 3.08 bits per heavy atom. The molecule has 1 atom stereocenters. The lowest BCUT2D eigenvalue weighted by molar-refractivity contribution is -0.130. The van der Waals surface area contributed by atoms with E-state index in [4.69, 9.17) is 9.84 Å². The first kappa shape index (κ1) is 9.08. The number of carboxylic acids is 1. The minimum atomic E-state index is -1.05. The third-order valence-electron chi connectivity index (χ3n) is 1.84. The summed E-state index contributed by atoms with van der Waals surface area (Å²) in [6.07, 6.45) is 2.82. The Bertz CT molecular complexity index is 206. The Morgan fingerprint density at radius 2 is 2.50 bits per heavy atom. The van der Waals surface area contributed by atoms with Crippen molar-refractivity contribution in [1.29, 1.82) is 0 Å². The van der Waals surface area contributed by atoms with Gasteiger partial charge in [-0.05, 0) is 18.8 Å². The Balaban J connectivity index is 2.22. The Morgan fingerprint density at radius 1 is 1.67 bits per heavy atom. The van der Waals surface area contributed by atoms with E-state index in [2.05, 4.69) is 11.8 Å². The Kier molecular flexibility index (Phi) is 3.62. The molecule has 1 rings (SSSR count). The molecule has 1 heterocycles. The topological polar surface area (TPSA) is 46.5 Å². The number of aliphatic carboxylic acids is 1. The second-order valence-electron chi connectivity index (χ2n) is 2.89. The van der Waals surface area contributed by atoms with E-state index in [1.54, 1.807) is 0 Å². The van der Waals surface area contributed by atoms with Gasteiger partial charge >= 0.3 is 5.97 Å². The van der Waals surface area contributed by atoms with Gasteiger partial charge in [-0.25, -0.2) is 4.79 Å². The van der Waals surface area contributed by atoms with E-state index in [1.165, 1.54) is 0 Å². The van der Waals surface area contributed by atoms with E-state index in [1.807, 2.05) is 0 Å². The van der Waals surface area contributed by atoms with Crippen LogP contribution in [0.15, 0.2) is 0 Å². The van der Waals surface area contributed by atoms with Crippen molar-refractivity contribution in [1.82, 2.24) is 0 Å². The van der Waals surface area contributed by atoms with Gasteiger partial charge in [-0.3, -0.25) is 0 Å². The zero-order chi connectivity index (χ0) is 8.81. The second-order valence-corrected chi connectivity index (χ2v) is 2.89. The van der Waals surface area contributed by atoms with Crippen molar-refractivity contribution in [3.05, 3.63) is 0 Å². The SMILES string of the molecule is O=C(O)C#CCC1CCCOC1. The minimum Gasteiger partial charge on any atom is -0.472 e. The molecule has 12 heavy (non-hydrogen) atoms. The third-order valence-corrected chi connectivity index (χ3v) is 1.84. The Labute approximate surface area is 71.7 Å². The zero-order valence-corrected chi connectivity index (χ0v) is 6.88. The molecule has 1 fully saturated rings. The number of carboxylic acid groups (broad SMARTS) is 1. The van der Waals surface area contributed by atoms with Crippen LogP contribution in [0.5, 0.6) is 0 Å². The van der Waals surface area contributed by atoms with E-state index in [0.717, 1.165) is 26.1 Å². The normalized spacial score (nSPS) is 22.5. The van der Waals surface area contributed by atoms with Crippen molar-refractivity contribution in [2.75, 3.05) is 13.2 Å². The third kappa shape index (κ3) is 3.40. The standard InChI is InChI=1S/C9H12O3/c10-9(11)5-1-3-8-4-2-6-12-7-8/h8H,2-4,6-7H2,(H,10,11). The van der Waals surface area contributed by atoms with E-state index in [9.17, 15) is 4.79 Å². The second kappa shape index (κ2) is 4.78. The Hall–Kier alpha value is -1.01. The van der Waals surface area contributed by atoms with Crippen LogP contribution in [0.2, 0.25) is 0 Å². The predicted molar refractivity (Wildman–Crippen MR) is 43.6 cm³/mol. The number of carbonyl (C=O) groups is 1. The summed E-state index contributed by atoms with van der Waals surface area (Å²) in [5.41, 5.74) is 0. The molecular formula is C9H12O3. The van der Waals surface area contributed by atoms with Gasteiger partial charge in [-0.15, -0.1) is 0 Å². The average Bonchev–Trinajstić information content (AvgIpc) is 2.05. The van der Waals surface area contributed by atoms with Crippen molar-refractivity contribution < 1.29 is 14.6 Å². The highest BCUT2D eigenvalue weighted by molar-refractivity contribution is 5.86. The predicted octanol–water partition coefficient (Wildman–Crippen LogP) is 0.891. The first-order valence-corrected chi connectivity index (χ1v) is 4.08. The van der Waals surface area contributed by atoms with Crippen LogP contribution in [0.25, 0.3) is 0 Å². The van der Waals surface area contributed by atoms with Gasteiger partial charge in [0.1, 0.15) is 0 Å². The molecule has 66 valence electrons. The summed E-state index contributed by atoms with van der Waals surface area (Å²) in [5, 5.41) is 8.24. The summed E-state index contributed by atoms with van der Waals surface area (Å²) < 4.78 is 5.22. The van der Waals surface area contributed by atoms with Crippen LogP contribution in [0.4, 0.5) is 0 Å². The van der Waals surface area contributed by atoms with Crippen LogP contribution < -0.4 is 0 Å². The van der Waals surface area contributed by atoms with E-state index in [-0.39, 0.29) is 0 Å². The molecule has 3 nitrogen and oxygen atoms in total. The summed E-state index contributed by atoms with van der Waals surface area (Å²) in [4.78, 5) is 10.0. The van der Waals surface area contributed by atoms with Crippen LogP contribution in [-0.4, -0.2) is 24.3 Å². The molecule has 1 saturated heterocycles. The fraction of sp³-hybridized carbons (Fsp3) is 0.667. The molecule has 0 aromatic heterocycles. The fourth-order valence-corrected chi connectivity index (χ4v) is 1.24. The molecule has 1 aliphatic rings. The minimum absolute atomic E-state index is 0.436. The van der Waals surface area contributed by atoms with Crippen molar-refractivity contribution >= 4 is 5.97 Å². The summed E-state index contributed by atoms with van der Waals surface area (Å²) in [6, 6.07) is 0. The molecule has 0 spiro atoms. The molecule has 0 bridgehead atoms. The highest BCUT2D eigenvalue weighted by atomic mass is 16.5. The molecule has 3 heteroatoms. The molecule has 0 radical (unpaired) electrons.